The molecule has 0 aromatic rings. The van der Waals surface area contributed by atoms with Crippen LogP contribution in [-0.4, -0.2) is 45.6 Å². The third-order valence-electron chi connectivity index (χ3n) is 0. The Morgan fingerprint density at radius 2 is 1.00 bits per heavy atom. The van der Waals surface area contributed by atoms with Gasteiger partial charge in [-0.25, -0.2) is 0 Å². The summed E-state index contributed by atoms with van der Waals surface area (Å²) in [5.41, 5.74) is 0. The van der Waals surface area contributed by atoms with E-state index in [4.69, 9.17) is 0 Å². The molecular weight excluding hydrogens is 298 g/mol. The minimum Gasteiger partial charge on any atom is 0 e. The largest absolute Gasteiger partial charge is 0 e. The summed E-state index contributed by atoms with van der Waals surface area (Å²) in [5, 5.41) is 0. The van der Waals surface area contributed by atoms with Gasteiger partial charge in [-0.15, -0.1) is 0 Å². The van der Waals surface area contributed by atoms with Gasteiger partial charge in [-0.05, 0) is 0 Å². The van der Waals surface area contributed by atoms with Crippen LogP contribution in [0, 0.1) is 0 Å². The van der Waals surface area contributed by atoms with E-state index in [1.165, 1.54) is 0 Å². The second-order valence-electron chi connectivity index (χ2n) is 0. The zero-order chi connectivity index (χ0) is 0. The van der Waals surface area contributed by atoms with E-state index in [9.17, 15) is 0 Å². The summed E-state index contributed by atoms with van der Waals surface area (Å²) in [4.78, 5) is 0. The maximum atomic E-state index is 0. The smallest absolute Gasteiger partial charge is 0 e. The van der Waals surface area contributed by atoms with Gasteiger partial charge in [0, 0.05) is 33.8 Å². The zero-order valence-electron chi connectivity index (χ0n) is 0.711. The summed E-state index contributed by atoms with van der Waals surface area (Å²) in [6.07, 6.45) is 0. The van der Waals surface area contributed by atoms with Crippen LogP contribution in [0.15, 0.2) is 0 Å². The Hall–Kier alpha value is 2.53. The van der Waals surface area contributed by atoms with E-state index in [0.29, 0.717) is 0 Å². The molecule has 0 aromatic carbocycles. The van der Waals surface area contributed by atoms with Crippen molar-refractivity contribution in [2.75, 3.05) is 0 Å². The Morgan fingerprint density at radius 1 is 1.00 bits per heavy atom. The average Bonchev–Trinajstić information content (AvgIpc) is 0. The molecule has 0 aromatic heterocycles. The van der Waals surface area contributed by atoms with Crippen molar-refractivity contribution in [2.45, 2.75) is 0 Å². The van der Waals surface area contributed by atoms with Crippen molar-refractivity contribution in [3.8, 4) is 0 Å². The minimum atomic E-state index is 0. The third kappa shape index (κ3) is 8.82. The van der Waals surface area contributed by atoms with E-state index in [2.05, 4.69) is 0 Å². The van der Waals surface area contributed by atoms with Crippen molar-refractivity contribution in [3.63, 3.8) is 0 Å². The van der Waals surface area contributed by atoms with Crippen molar-refractivity contribution in [1.29, 1.82) is 0 Å². The first-order valence-electron chi connectivity index (χ1n) is 0. The molecule has 0 atom stereocenters. The maximum Gasteiger partial charge on any atom is 0 e. The average molecular weight is 304 g/mol. The molecule has 0 fully saturated rings. The van der Waals surface area contributed by atoms with Gasteiger partial charge >= 0.3 is 45.6 Å². The zero-order valence-corrected chi connectivity index (χ0v) is 2.93. The summed E-state index contributed by atoms with van der Waals surface area (Å²) < 4.78 is 0. The first-order chi connectivity index (χ1) is 0. The molecule has 0 N–H and O–H groups in total. The molecule has 0 spiro atoms. The molecule has 4 heavy (non-hydrogen) atoms. The number of hydrogen-bond acceptors (Lipinski definition) is 0. The Balaban J connectivity index is 0. The van der Waals surface area contributed by atoms with Gasteiger partial charge < -0.3 is 0 Å². The molecule has 28 valence electrons. The molecule has 0 unspecified atom stereocenters. The van der Waals surface area contributed by atoms with Crippen LogP contribution in [0.1, 0.15) is 0 Å². The molecule has 4 heteroatoms. The monoisotopic (exact) mass is 304 g/mol. The van der Waals surface area contributed by atoms with Crippen LogP contribution in [0.25, 0.3) is 0 Å². The topological polar surface area (TPSA) is 0 Å². The van der Waals surface area contributed by atoms with Gasteiger partial charge in [0.15, 0.2) is 0 Å². The van der Waals surface area contributed by atoms with Gasteiger partial charge in [-0.1, -0.05) is 0 Å². The molecule has 0 saturated heterocycles. The van der Waals surface area contributed by atoms with Crippen LogP contribution in [-0.2, 0) is 33.8 Å². The molecule has 0 nitrogen and oxygen atoms in total. The van der Waals surface area contributed by atoms with Crippen molar-refractivity contribution in [2.24, 2.45) is 0 Å². The van der Waals surface area contributed by atoms with Gasteiger partial charge in [0.2, 0.25) is 0 Å². The quantitative estimate of drug-likeness (QED) is 0.439. The van der Waals surface area contributed by atoms with Crippen molar-refractivity contribution in [3.05, 3.63) is 0 Å². The van der Waals surface area contributed by atoms with Gasteiger partial charge in [-0.2, -0.15) is 0 Å². The molecular formula is H6CoGaInMn. The van der Waals surface area contributed by atoms with Gasteiger partial charge in [0.1, 0.15) is 0 Å². The van der Waals surface area contributed by atoms with E-state index in [-0.39, 0.29) is 79.5 Å². The molecule has 0 heterocycles. The summed E-state index contributed by atoms with van der Waals surface area (Å²) >= 11 is 0. The minimum absolute atomic E-state index is 0. The Kier molecular flexibility index (Phi) is 138. The van der Waals surface area contributed by atoms with Crippen molar-refractivity contribution < 1.29 is 33.8 Å². The Bertz CT molecular complexity index is 8.00. The normalized spacial score (nSPS) is 0. The van der Waals surface area contributed by atoms with Crippen LogP contribution in [0.5, 0.6) is 0 Å². The maximum absolute atomic E-state index is 0. The van der Waals surface area contributed by atoms with Crippen LogP contribution in [0.4, 0.5) is 0 Å². The number of hydrogen-bond donors (Lipinski definition) is 0. The second kappa shape index (κ2) is 17.7. The standard InChI is InChI=1S/Co.Ga.In.Mn.6H. The van der Waals surface area contributed by atoms with E-state index < -0.39 is 0 Å². The van der Waals surface area contributed by atoms with E-state index in [0.717, 1.165) is 0 Å². The summed E-state index contributed by atoms with van der Waals surface area (Å²) in [6, 6.07) is 0. The van der Waals surface area contributed by atoms with Gasteiger partial charge in [-0.3, -0.25) is 0 Å². The molecule has 0 amide bonds. The molecule has 0 aliphatic carbocycles. The van der Waals surface area contributed by atoms with Crippen LogP contribution < -0.4 is 0 Å². The predicted octanol–water partition coefficient (Wildman–Crippen LogP) is -2.37. The van der Waals surface area contributed by atoms with E-state index in [1.54, 1.807) is 0 Å². The van der Waals surface area contributed by atoms with Crippen LogP contribution >= 0.6 is 0 Å². The fraction of sp³-hybridized carbons (Fsp3) is 0. The molecule has 0 aliphatic rings. The van der Waals surface area contributed by atoms with Crippen molar-refractivity contribution >= 4 is 45.6 Å². The summed E-state index contributed by atoms with van der Waals surface area (Å²) in [5.74, 6) is 0. The fourth-order valence-corrected chi connectivity index (χ4v) is 0. The Morgan fingerprint density at radius 3 is 1.00 bits per heavy atom. The first-order valence-corrected chi connectivity index (χ1v) is 0. The molecule has 0 aliphatic heterocycles. The predicted molar refractivity (Wildman–Crippen MR) is 19.9 cm³/mol. The molecule has 0 saturated carbocycles. The first kappa shape index (κ1) is 31.2. The molecule has 0 rings (SSSR count). The van der Waals surface area contributed by atoms with Crippen LogP contribution in [0.2, 0.25) is 0 Å². The molecule has 2 radical (unpaired) electrons. The third-order valence-corrected chi connectivity index (χ3v) is 0. The second-order valence-corrected chi connectivity index (χ2v) is 0. The summed E-state index contributed by atoms with van der Waals surface area (Å²) in [6.45, 7) is 0. The van der Waals surface area contributed by atoms with E-state index >= 15 is 0 Å². The van der Waals surface area contributed by atoms with E-state index in [1.807, 2.05) is 0 Å². The fourth-order valence-electron chi connectivity index (χ4n) is 0. The van der Waals surface area contributed by atoms with Gasteiger partial charge in [0.05, 0.1) is 0 Å². The van der Waals surface area contributed by atoms with Gasteiger partial charge in [0.25, 0.3) is 0 Å². The summed E-state index contributed by atoms with van der Waals surface area (Å²) in [7, 11) is 0. The van der Waals surface area contributed by atoms with Crippen LogP contribution in [0.3, 0.4) is 0 Å². The molecule has 0 bridgehead atoms. The SMILES string of the molecule is [Co].[GaH3].[InH3].[Mn]. The Labute approximate surface area is 78.4 Å². The van der Waals surface area contributed by atoms with Crippen molar-refractivity contribution in [1.82, 2.24) is 0 Å². The number of rotatable bonds is 0.